The molecule has 12 aromatic carbocycles. The van der Waals surface area contributed by atoms with E-state index in [4.69, 9.17) is 4.42 Å². The second kappa shape index (κ2) is 15.5. The zero-order valence-electron chi connectivity index (χ0n) is 36.0. The van der Waals surface area contributed by atoms with E-state index in [0.29, 0.717) is 0 Å². The van der Waals surface area contributed by atoms with Gasteiger partial charge in [-0.3, -0.25) is 0 Å². The average Bonchev–Trinajstić information content (AvgIpc) is 3.79. The Kier molecular flexibility index (Phi) is 8.89. The van der Waals surface area contributed by atoms with Crippen LogP contribution < -0.4 is 4.90 Å². The number of hydrogen-bond donors (Lipinski definition) is 0. The molecule has 0 atom stereocenters. The molecule has 308 valence electrons. The number of hydrogen-bond acceptors (Lipinski definition) is 2. The van der Waals surface area contributed by atoms with Gasteiger partial charge in [0.2, 0.25) is 0 Å². The van der Waals surface area contributed by atoms with Gasteiger partial charge in [0.25, 0.3) is 0 Å². The lowest BCUT2D eigenvalue weighted by atomic mass is 9.92. The van der Waals surface area contributed by atoms with Crippen LogP contribution in [-0.4, -0.2) is 0 Å². The first-order chi connectivity index (χ1) is 32.7. The average molecular weight is 840 g/mol. The van der Waals surface area contributed by atoms with Gasteiger partial charge in [0, 0.05) is 22.3 Å². The molecular weight excluding hydrogens is 799 g/mol. The first-order valence-corrected chi connectivity index (χ1v) is 22.7. The van der Waals surface area contributed by atoms with Gasteiger partial charge in [-0.15, -0.1) is 0 Å². The minimum absolute atomic E-state index is 0.862. The van der Waals surface area contributed by atoms with Crippen LogP contribution in [0.3, 0.4) is 0 Å². The summed E-state index contributed by atoms with van der Waals surface area (Å²) in [5.41, 5.74) is 14.2. The fraction of sp³-hybridized carbons (Fsp3) is 0. The van der Waals surface area contributed by atoms with E-state index >= 15 is 0 Å². The molecular formula is C64H41NO. The normalized spacial score (nSPS) is 11.6. The summed E-state index contributed by atoms with van der Waals surface area (Å²) in [6, 6.07) is 90.2. The fourth-order valence-electron chi connectivity index (χ4n) is 10.2. The first kappa shape index (κ1) is 37.8. The molecule has 13 aromatic rings. The molecule has 0 spiro atoms. The molecule has 2 heteroatoms. The van der Waals surface area contributed by atoms with Crippen molar-refractivity contribution < 1.29 is 4.42 Å². The lowest BCUT2D eigenvalue weighted by Crippen LogP contribution is -2.10. The third kappa shape index (κ3) is 6.34. The Morgan fingerprint density at radius 1 is 0.273 bits per heavy atom. The van der Waals surface area contributed by atoms with E-state index in [2.05, 4.69) is 254 Å². The van der Waals surface area contributed by atoms with Gasteiger partial charge in [-0.05, 0) is 137 Å². The second-order valence-electron chi connectivity index (χ2n) is 17.2. The lowest BCUT2D eigenvalue weighted by molar-refractivity contribution is 0.670. The van der Waals surface area contributed by atoms with E-state index in [-0.39, 0.29) is 0 Å². The van der Waals surface area contributed by atoms with Crippen molar-refractivity contribution >= 4 is 82.1 Å². The van der Waals surface area contributed by atoms with Crippen molar-refractivity contribution in [1.82, 2.24) is 0 Å². The maximum Gasteiger partial charge on any atom is 0.145 e. The van der Waals surface area contributed by atoms with Gasteiger partial charge in [-0.1, -0.05) is 194 Å². The Bertz CT molecular complexity index is 3940. The smallest absolute Gasteiger partial charge is 0.145 e. The molecule has 0 saturated heterocycles. The molecule has 0 saturated carbocycles. The van der Waals surface area contributed by atoms with Crippen molar-refractivity contribution in [2.45, 2.75) is 0 Å². The van der Waals surface area contributed by atoms with Crippen LogP contribution in [0.1, 0.15) is 0 Å². The van der Waals surface area contributed by atoms with Gasteiger partial charge in [-0.25, -0.2) is 0 Å². The van der Waals surface area contributed by atoms with Crippen LogP contribution >= 0.6 is 0 Å². The van der Waals surface area contributed by atoms with Crippen molar-refractivity contribution in [2.75, 3.05) is 4.90 Å². The number of fused-ring (bicyclic) bond motifs is 10. The summed E-state index contributed by atoms with van der Waals surface area (Å²) < 4.78 is 6.90. The molecule has 13 rings (SSSR count). The predicted octanol–water partition coefficient (Wildman–Crippen LogP) is 18.3. The molecule has 0 fully saturated rings. The molecule has 66 heavy (non-hydrogen) atoms. The van der Waals surface area contributed by atoms with Gasteiger partial charge in [0.15, 0.2) is 0 Å². The number of benzene rings is 12. The number of rotatable bonds is 7. The van der Waals surface area contributed by atoms with E-state index in [1.807, 2.05) is 0 Å². The highest BCUT2D eigenvalue weighted by molar-refractivity contribution is 6.26. The van der Waals surface area contributed by atoms with E-state index < -0.39 is 0 Å². The monoisotopic (exact) mass is 839 g/mol. The van der Waals surface area contributed by atoms with E-state index in [9.17, 15) is 0 Å². The van der Waals surface area contributed by atoms with Crippen molar-refractivity contribution in [3.05, 3.63) is 249 Å². The van der Waals surface area contributed by atoms with Gasteiger partial charge in [0.05, 0.1) is 11.1 Å². The predicted molar refractivity (Wildman–Crippen MR) is 280 cm³/mol. The van der Waals surface area contributed by atoms with E-state index in [1.165, 1.54) is 65.3 Å². The maximum atomic E-state index is 6.90. The van der Waals surface area contributed by atoms with Crippen LogP contribution in [0, 0.1) is 0 Å². The van der Waals surface area contributed by atoms with E-state index in [0.717, 1.165) is 61.3 Å². The summed E-state index contributed by atoms with van der Waals surface area (Å²) in [6.07, 6.45) is 0. The molecule has 2 nitrogen and oxygen atoms in total. The van der Waals surface area contributed by atoms with Crippen LogP contribution in [-0.2, 0) is 0 Å². The van der Waals surface area contributed by atoms with Crippen molar-refractivity contribution in [2.24, 2.45) is 0 Å². The zero-order chi connectivity index (χ0) is 43.6. The SMILES string of the molecule is c1ccc(-c2ccc(-c3ccc(N(c4cccc(-c5ccc6c7ccccc7c7ccccc7c6c5)c4)c4ccc(-c5ccc6ccccc6c5)c5oc6ccccc6c45)cc3)cc2)cc1. The molecule has 0 aliphatic rings. The van der Waals surface area contributed by atoms with Gasteiger partial charge in [-0.2, -0.15) is 0 Å². The number of furan rings is 1. The van der Waals surface area contributed by atoms with Crippen molar-refractivity contribution in [3.8, 4) is 44.5 Å². The molecule has 0 aliphatic carbocycles. The Morgan fingerprint density at radius 3 is 1.50 bits per heavy atom. The Balaban J connectivity index is 0.990. The van der Waals surface area contributed by atoms with Crippen molar-refractivity contribution in [1.29, 1.82) is 0 Å². The Morgan fingerprint density at radius 2 is 0.788 bits per heavy atom. The quantitative estimate of drug-likeness (QED) is 0.149. The number of anilines is 3. The van der Waals surface area contributed by atoms with Crippen LogP contribution in [0.2, 0.25) is 0 Å². The fourth-order valence-corrected chi connectivity index (χ4v) is 10.2. The molecule has 0 amide bonds. The summed E-state index contributed by atoms with van der Waals surface area (Å²) in [5.74, 6) is 0. The Labute approximate surface area is 382 Å². The van der Waals surface area contributed by atoms with Crippen LogP contribution in [0.25, 0.3) is 110 Å². The summed E-state index contributed by atoms with van der Waals surface area (Å²) in [4.78, 5) is 2.41. The molecule has 0 radical (unpaired) electrons. The standard InChI is InChI=1S/C64H41NO/c1-2-13-42(14-3-1)44-25-27-45(28-26-44)46-31-34-51(35-32-46)65(61-38-37-53(50-30-29-43-15-4-5-16-47(43)39-50)64-63(61)59-23-10-11-24-62(59)66-64)52-18-12-17-48(40-52)49-33-36-58-56-21-7-6-19-54(56)55-20-8-9-22-57(55)60(58)41-49/h1-41H. The van der Waals surface area contributed by atoms with E-state index in [1.54, 1.807) is 0 Å². The first-order valence-electron chi connectivity index (χ1n) is 22.7. The van der Waals surface area contributed by atoms with Gasteiger partial charge in [0.1, 0.15) is 11.2 Å². The van der Waals surface area contributed by atoms with Crippen LogP contribution in [0.5, 0.6) is 0 Å². The lowest BCUT2D eigenvalue weighted by Gasteiger charge is -2.27. The minimum atomic E-state index is 0.862. The summed E-state index contributed by atoms with van der Waals surface area (Å²) in [5, 5.41) is 12.2. The number of para-hydroxylation sites is 1. The molecule has 0 N–H and O–H groups in total. The highest BCUT2D eigenvalue weighted by Gasteiger charge is 2.23. The molecule has 0 aliphatic heterocycles. The third-order valence-corrected chi connectivity index (χ3v) is 13.4. The molecule has 1 heterocycles. The minimum Gasteiger partial charge on any atom is -0.455 e. The number of nitrogens with zero attached hydrogens (tertiary/aromatic N) is 1. The molecule has 0 bridgehead atoms. The highest BCUT2D eigenvalue weighted by atomic mass is 16.3. The van der Waals surface area contributed by atoms with Crippen molar-refractivity contribution in [3.63, 3.8) is 0 Å². The molecule has 1 aromatic heterocycles. The Hall–Kier alpha value is -8.72. The largest absolute Gasteiger partial charge is 0.455 e. The van der Waals surface area contributed by atoms with Gasteiger partial charge >= 0.3 is 0 Å². The maximum absolute atomic E-state index is 6.90. The van der Waals surface area contributed by atoms with Crippen LogP contribution in [0.15, 0.2) is 253 Å². The summed E-state index contributed by atoms with van der Waals surface area (Å²) >= 11 is 0. The highest BCUT2D eigenvalue weighted by Crippen LogP contribution is 2.47. The van der Waals surface area contributed by atoms with Gasteiger partial charge < -0.3 is 9.32 Å². The zero-order valence-corrected chi connectivity index (χ0v) is 36.0. The third-order valence-electron chi connectivity index (χ3n) is 13.4. The summed E-state index contributed by atoms with van der Waals surface area (Å²) in [7, 11) is 0. The van der Waals surface area contributed by atoms with Crippen LogP contribution in [0.4, 0.5) is 17.1 Å². The second-order valence-corrected chi connectivity index (χ2v) is 17.2. The summed E-state index contributed by atoms with van der Waals surface area (Å²) in [6.45, 7) is 0. The topological polar surface area (TPSA) is 16.4 Å². The molecule has 0 unspecified atom stereocenters.